The Hall–Kier alpha value is -7.20. The van der Waals surface area contributed by atoms with E-state index in [9.17, 15) is 0 Å². The molecule has 1 aliphatic carbocycles. The highest BCUT2D eigenvalue weighted by atomic mass is 28.3. The van der Waals surface area contributed by atoms with Crippen molar-refractivity contribution in [2.24, 2.45) is 0 Å². The molecule has 60 heavy (non-hydrogen) atoms. The fourth-order valence-electron chi connectivity index (χ4n) is 9.66. The summed E-state index contributed by atoms with van der Waals surface area (Å²) >= 11 is 0. The van der Waals surface area contributed by atoms with Gasteiger partial charge in [0.2, 0.25) is 0 Å². The van der Waals surface area contributed by atoms with Gasteiger partial charge >= 0.3 is 0 Å². The number of nitrogens with zero attached hydrogens (tertiary/aromatic N) is 2. The maximum atomic E-state index is 2.48. The molecule has 0 heterocycles. The molecular weight excluding hydrogens is 741 g/mol. The summed E-state index contributed by atoms with van der Waals surface area (Å²) in [6, 6.07) is 89.5. The summed E-state index contributed by atoms with van der Waals surface area (Å²) in [5.74, 6) is 0. The average Bonchev–Trinajstić information content (AvgIpc) is 3.54. The van der Waals surface area contributed by atoms with E-state index in [4.69, 9.17) is 0 Å². The molecule has 288 valence electrons. The highest BCUT2D eigenvalue weighted by Gasteiger charge is 2.44. The van der Waals surface area contributed by atoms with Gasteiger partial charge in [-0.15, -0.1) is 0 Å². The van der Waals surface area contributed by atoms with Crippen molar-refractivity contribution in [3.05, 3.63) is 254 Å². The highest BCUT2D eigenvalue weighted by Crippen LogP contribution is 2.50. The van der Waals surface area contributed by atoms with Crippen molar-refractivity contribution in [1.82, 2.24) is 0 Å². The van der Waals surface area contributed by atoms with Gasteiger partial charge in [0, 0.05) is 39.5 Å². The van der Waals surface area contributed by atoms with Crippen molar-refractivity contribution >= 4 is 62.9 Å². The van der Waals surface area contributed by atoms with Crippen LogP contribution in [0.15, 0.2) is 243 Å². The fourth-order valence-corrected chi connectivity index (χ4v) is 14.6. The molecule has 0 atom stereocenters. The minimum atomic E-state index is -3.10. The van der Waals surface area contributed by atoms with Crippen molar-refractivity contribution in [2.75, 3.05) is 9.80 Å². The van der Waals surface area contributed by atoms with Crippen LogP contribution in [0, 0.1) is 0 Å². The molecule has 0 spiro atoms. The third kappa shape index (κ3) is 6.26. The molecule has 0 fully saturated rings. The van der Waals surface area contributed by atoms with E-state index in [0.717, 1.165) is 28.4 Å². The molecular formula is C57H46N2Si. The van der Waals surface area contributed by atoms with Gasteiger partial charge in [-0.3, -0.25) is 0 Å². The topological polar surface area (TPSA) is 6.48 Å². The molecule has 9 aromatic carbocycles. The van der Waals surface area contributed by atoms with Crippen LogP contribution in [0.25, 0.3) is 11.1 Å². The van der Waals surface area contributed by atoms with E-state index in [1.165, 1.54) is 48.7 Å². The smallest absolute Gasteiger partial charge is 0.181 e. The van der Waals surface area contributed by atoms with E-state index < -0.39 is 8.07 Å². The Morgan fingerprint density at radius 2 is 0.750 bits per heavy atom. The molecule has 0 saturated carbocycles. The quantitative estimate of drug-likeness (QED) is 0.101. The lowest BCUT2D eigenvalue weighted by molar-refractivity contribution is 0.660. The van der Waals surface area contributed by atoms with Crippen LogP contribution in [-0.4, -0.2) is 8.07 Å². The Balaban J connectivity index is 1.25. The van der Waals surface area contributed by atoms with E-state index in [1.807, 2.05) is 0 Å². The number of anilines is 6. The summed E-state index contributed by atoms with van der Waals surface area (Å²) in [6.07, 6.45) is 0. The van der Waals surface area contributed by atoms with Gasteiger partial charge in [-0.2, -0.15) is 0 Å². The fraction of sp³-hybridized carbons (Fsp3) is 0.0526. The Morgan fingerprint density at radius 1 is 0.317 bits per heavy atom. The number of hydrogen-bond acceptors (Lipinski definition) is 2. The second kappa shape index (κ2) is 15.5. The second-order valence-corrected chi connectivity index (χ2v) is 19.9. The summed E-state index contributed by atoms with van der Waals surface area (Å²) in [4.78, 5) is 4.88. The minimum absolute atomic E-state index is 0.0701. The summed E-state index contributed by atoms with van der Waals surface area (Å²) in [6.45, 7) is 4.70. The van der Waals surface area contributed by atoms with E-state index in [0.29, 0.717) is 0 Å². The molecule has 0 unspecified atom stereocenters. The molecule has 9 aromatic rings. The number of para-hydroxylation sites is 4. The summed E-state index contributed by atoms with van der Waals surface area (Å²) in [5, 5.41) is 5.27. The first-order valence-electron chi connectivity index (χ1n) is 20.9. The van der Waals surface area contributed by atoms with Crippen LogP contribution < -0.4 is 30.5 Å². The Labute approximate surface area is 355 Å². The Bertz CT molecular complexity index is 2810. The van der Waals surface area contributed by atoms with Gasteiger partial charge in [0.25, 0.3) is 0 Å². The van der Waals surface area contributed by atoms with Crippen LogP contribution >= 0.6 is 0 Å². The van der Waals surface area contributed by atoms with Crippen LogP contribution in [-0.2, 0) is 5.41 Å². The lowest BCUT2D eigenvalue weighted by atomic mass is 9.82. The molecule has 10 rings (SSSR count). The van der Waals surface area contributed by atoms with Gasteiger partial charge in [-0.1, -0.05) is 190 Å². The Kier molecular flexibility index (Phi) is 9.59. The molecule has 0 aromatic heterocycles. The molecule has 0 radical (unpaired) electrons. The van der Waals surface area contributed by atoms with Gasteiger partial charge in [-0.25, -0.2) is 0 Å². The summed E-state index contributed by atoms with van der Waals surface area (Å²) in [5.41, 5.74) is 12.1. The third-order valence-electron chi connectivity index (χ3n) is 12.4. The molecule has 2 nitrogen and oxygen atoms in total. The standard InChI is InChI=1S/C57H46N2Si/c1-57(2)53-36-19-18-35-51(53)52-42-47(39-40-54(52)57)58(43-23-8-3-9-24-43)46-29-22-34-50(41-46)60(48-30-14-6-15-31-48,49-32-16-7-17-33-49)56-38-21-20-37-55(56)59(44-25-10-4-11-26-44)45-27-12-5-13-28-45/h3-42H,1-2H3. The second-order valence-electron chi connectivity index (χ2n) is 16.1. The van der Waals surface area contributed by atoms with Crippen LogP contribution in [0.3, 0.4) is 0 Å². The third-order valence-corrected chi connectivity index (χ3v) is 17.2. The average molecular weight is 787 g/mol. The van der Waals surface area contributed by atoms with E-state index in [2.05, 4.69) is 266 Å². The summed E-state index contributed by atoms with van der Waals surface area (Å²) < 4.78 is 0. The zero-order chi connectivity index (χ0) is 40.5. The van der Waals surface area contributed by atoms with Crippen LogP contribution in [0.4, 0.5) is 34.1 Å². The molecule has 0 amide bonds. The minimum Gasteiger partial charge on any atom is -0.311 e. The van der Waals surface area contributed by atoms with Gasteiger partial charge in [0.05, 0.1) is 0 Å². The monoisotopic (exact) mass is 786 g/mol. The van der Waals surface area contributed by atoms with Crippen LogP contribution in [0.5, 0.6) is 0 Å². The number of fused-ring (bicyclic) bond motifs is 3. The molecule has 1 aliphatic rings. The first-order valence-corrected chi connectivity index (χ1v) is 22.9. The number of rotatable bonds is 10. The lowest BCUT2D eigenvalue weighted by Gasteiger charge is -2.39. The van der Waals surface area contributed by atoms with Gasteiger partial charge in [0.15, 0.2) is 8.07 Å². The van der Waals surface area contributed by atoms with Crippen molar-refractivity contribution in [2.45, 2.75) is 19.3 Å². The van der Waals surface area contributed by atoms with Gasteiger partial charge in [-0.05, 0) is 110 Å². The van der Waals surface area contributed by atoms with Crippen LogP contribution in [0.2, 0.25) is 0 Å². The number of benzene rings is 9. The summed E-state index contributed by atoms with van der Waals surface area (Å²) in [7, 11) is -3.10. The predicted molar refractivity (Wildman–Crippen MR) is 257 cm³/mol. The van der Waals surface area contributed by atoms with Crippen LogP contribution in [0.1, 0.15) is 25.0 Å². The molecule has 0 bridgehead atoms. The first-order chi connectivity index (χ1) is 29.5. The Morgan fingerprint density at radius 3 is 1.35 bits per heavy atom. The van der Waals surface area contributed by atoms with Crippen molar-refractivity contribution in [3.63, 3.8) is 0 Å². The van der Waals surface area contributed by atoms with Gasteiger partial charge in [0.1, 0.15) is 0 Å². The normalized spacial score (nSPS) is 12.6. The van der Waals surface area contributed by atoms with Crippen molar-refractivity contribution in [3.8, 4) is 11.1 Å². The SMILES string of the molecule is CC1(C)c2ccccc2-c2cc(N(c3ccccc3)c3cccc([Si](c4ccccc4)(c4ccccc4)c4ccccc4N(c4ccccc4)c4ccccc4)c3)ccc21. The molecule has 3 heteroatoms. The van der Waals surface area contributed by atoms with E-state index >= 15 is 0 Å². The van der Waals surface area contributed by atoms with E-state index in [1.54, 1.807) is 0 Å². The highest BCUT2D eigenvalue weighted by molar-refractivity contribution is 7.20. The zero-order valence-corrected chi connectivity index (χ0v) is 35.0. The first kappa shape index (κ1) is 37.1. The van der Waals surface area contributed by atoms with E-state index in [-0.39, 0.29) is 5.41 Å². The maximum Gasteiger partial charge on any atom is 0.181 e. The van der Waals surface area contributed by atoms with Gasteiger partial charge < -0.3 is 9.80 Å². The maximum absolute atomic E-state index is 3.10. The molecule has 0 N–H and O–H groups in total. The molecule has 0 saturated heterocycles. The van der Waals surface area contributed by atoms with Crippen molar-refractivity contribution < 1.29 is 0 Å². The largest absolute Gasteiger partial charge is 0.311 e. The predicted octanol–water partition coefficient (Wildman–Crippen LogP) is 12.3. The lowest BCUT2D eigenvalue weighted by Crippen LogP contribution is -2.75. The van der Waals surface area contributed by atoms with Crippen molar-refractivity contribution in [1.29, 1.82) is 0 Å². The molecule has 0 aliphatic heterocycles. The zero-order valence-electron chi connectivity index (χ0n) is 34.0. The number of hydrogen-bond donors (Lipinski definition) is 0.